The van der Waals surface area contributed by atoms with Gasteiger partial charge in [-0.15, -0.1) is 10.2 Å². The summed E-state index contributed by atoms with van der Waals surface area (Å²) < 4.78 is 56.2. The summed E-state index contributed by atoms with van der Waals surface area (Å²) in [5.74, 6) is 0.208. The van der Waals surface area contributed by atoms with E-state index in [1.807, 2.05) is 79.7 Å². The zero-order valence-electron chi connectivity index (χ0n) is 81.8. The fourth-order valence-electron chi connectivity index (χ4n) is 19.9. The second kappa shape index (κ2) is 43.7. The maximum absolute atomic E-state index is 14.9. The predicted octanol–water partition coefficient (Wildman–Crippen LogP) is 16.4. The third-order valence-corrected chi connectivity index (χ3v) is 28.4. The second-order valence-electron chi connectivity index (χ2n) is 41.0. The van der Waals surface area contributed by atoms with E-state index in [4.69, 9.17) is 42.6 Å². The Balaban J connectivity index is 0.748. The molecule has 4 aliphatic carbocycles. The average molecular weight is 1820 g/mol. The molecule has 16 atom stereocenters. The van der Waals surface area contributed by atoms with Gasteiger partial charge in [0.15, 0.2) is 0 Å². The van der Waals surface area contributed by atoms with Gasteiger partial charge in [-0.25, -0.2) is 19.2 Å². The Labute approximate surface area is 774 Å². The number of rotatable bonds is 40. The number of aromatic nitrogens is 6. The lowest BCUT2D eigenvalue weighted by Crippen LogP contribution is -2.63. The van der Waals surface area contributed by atoms with Crippen molar-refractivity contribution in [2.45, 2.75) is 320 Å². The van der Waals surface area contributed by atoms with E-state index >= 15 is 0 Å². The van der Waals surface area contributed by atoms with E-state index in [1.54, 1.807) is 178 Å². The minimum absolute atomic E-state index is 0.0296. The van der Waals surface area contributed by atoms with Gasteiger partial charge in [0.2, 0.25) is 23.6 Å². The molecule has 30 nitrogen and oxygen atoms in total. The van der Waals surface area contributed by atoms with E-state index in [9.17, 15) is 43.2 Å². The minimum atomic E-state index is -1.44. The quantitative estimate of drug-likeness (QED) is 0.0205. The number of nitrogens with zero attached hydrogens (tertiary/aromatic N) is 8. The van der Waals surface area contributed by atoms with Crippen LogP contribution >= 0.6 is 0 Å². The largest absolute Gasteiger partial charge is 0.497 e. The zero-order valence-corrected chi connectivity index (χ0v) is 81.8. The fourth-order valence-corrected chi connectivity index (χ4v) is 19.9. The molecule has 0 spiro atoms. The van der Waals surface area contributed by atoms with Crippen LogP contribution in [-0.2, 0) is 87.0 Å². The number of alkyl carbamates (subject to hydrolysis) is 2. The van der Waals surface area contributed by atoms with Crippen molar-refractivity contribution in [2.75, 3.05) is 21.3 Å². The number of hydrogen-bond acceptors (Lipinski definition) is 22. The first-order chi connectivity index (χ1) is 61.7. The number of ether oxygens (including phenoxy) is 9. The molecule has 4 N–H and O–H groups in total. The summed E-state index contributed by atoms with van der Waals surface area (Å²) in [6, 6.07) is 25.4. The molecule has 0 radical (unpaired) electrons. The number of carbonyl (C=O) groups excluding carboxylic acids is 9. The van der Waals surface area contributed by atoms with Crippen LogP contribution in [-0.4, -0.2) is 173 Å². The Bertz CT molecular complexity index is 4840. The Morgan fingerprint density at radius 1 is 0.511 bits per heavy atom. The standard InChI is InChI=1S/C101H146N12O18/c1-25-63(7)82(102-92(119)98(16,17)112(53-66-28-37-73(123-22)38-29-66)88(115)86(61(3)4)104-94(121)130-96(10,11)12)57-110-55-71(106-108-110)59-126-75-41-32-68(33-42-75)90(117)128-77-49-50-100(20)70(51-77)36-45-78-80-47-46-79(65(9)27-48-85(114)125-24)101(80,21)84(52-81(78)100)129-91(118)69-34-43-76(44-35-69)127-60-72-56-111(109-107-72)58-83(64(8)26-2)103-93(120)99(18,19)113(54-67-30-39-74(124-23)40-31-67)89(116)87(62(5)6)105-95(122)131-97(13,14)15/h28-35,37-44,55-56,61-65,70,77-84,86-87H,25-27,36,45-54,57-60H2,1-24H3,(H,102,119)(H,103,120)(H,104,121)(H,105,122)/t63-,64-,65+,70+,77+,78-,79+,80-,81-,82+,83+,84-,86-,87-,100-,101+/m0/s1. The van der Waals surface area contributed by atoms with Crippen LogP contribution < -0.4 is 40.2 Å². The maximum Gasteiger partial charge on any atom is 0.408 e. The van der Waals surface area contributed by atoms with Crippen molar-refractivity contribution in [3.63, 3.8) is 0 Å². The number of esters is 3. The molecule has 0 bridgehead atoms. The normalized spacial score (nSPS) is 21.8. The molecule has 30 heteroatoms. The summed E-state index contributed by atoms with van der Waals surface area (Å²) in [6.45, 7) is 40.5. The van der Waals surface area contributed by atoms with Gasteiger partial charge in [0.1, 0.15) is 94.2 Å². The molecule has 0 saturated heterocycles. The Morgan fingerprint density at radius 2 is 0.939 bits per heavy atom. The molecule has 4 aromatic carbocycles. The van der Waals surface area contributed by atoms with Crippen LogP contribution in [0.4, 0.5) is 9.59 Å². The Kier molecular flexibility index (Phi) is 34.1. The van der Waals surface area contributed by atoms with Gasteiger partial charge in [0, 0.05) is 24.9 Å². The highest BCUT2D eigenvalue weighted by atomic mass is 16.6. The number of benzene rings is 4. The molecule has 10 rings (SSSR count). The molecule has 0 unspecified atom stereocenters. The molecule has 2 aromatic heterocycles. The number of carbonyl (C=O) groups is 9. The molecule has 131 heavy (non-hydrogen) atoms. The maximum atomic E-state index is 14.9. The van der Waals surface area contributed by atoms with Crippen LogP contribution in [0.15, 0.2) is 109 Å². The molecule has 6 aromatic rings. The molecule has 718 valence electrons. The van der Waals surface area contributed by atoms with Crippen LogP contribution in [0.25, 0.3) is 0 Å². The van der Waals surface area contributed by atoms with E-state index in [0.29, 0.717) is 83.5 Å². The molecule has 6 amide bonds. The first-order valence-electron chi connectivity index (χ1n) is 46.9. The van der Waals surface area contributed by atoms with Gasteiger partial charge in [-0.3, -0.25) is 33.3 Å². The lowest BCUT2D eigenvalue weighted by molar-refractivity contribution is -0.176. The van der Waals surface area contributed by atoms with Gasteiger partial charge in [-0.05, 0) is 276 Å². The van der Waals surface area contributed by atoms with Gasteiger partial charge >= 0.3 is 30.1 Å². The summed E-state index contributed by atoms with van der Waals surface area (Å²) in [5, 5.41) is 29.8. The van der Waals surface area contributed by atoms with Crippen molar-refractivity contribution < 1.29 is 85.8 Å². The highest BCUT2D eigenvalue weighted by molar-refractivity contribution is 5.95. The third kappa shape index (κ3) is 25.7. The lowest BCUT2D eigenvalue weighted by atomic mass is 9.43. The topological polar surface area (TPSA) is 353 Å². The monoisotopic (exact) mass is 1820 g/mol. The van der Waals surface area contributed by atoms with Gasteiger partial charge in [0.25, 0.3) is 0 Å². The molecule has 4 fully saturated rings. The first-order valence-corrected chi connectivity index (χ1v) is 46.9. The number of hydrogen-bond donors (Lipinski definition) is 4. The van der Waals surface area contributed by atoms with E-state index in [2.05, 4.69) is 62.7 Å². The predicted molar refractivity (Wildman–Crippen MR) is 495 cm³/mol. The number of amides is 6. The fraction of sp³-hybridized carbons (Fsp3) is 0.634. The summed E-state index contributed by atoms with van der Waals surface area (Å²) in [4.78, 5) is 130. The van der Waals surface area contributed by atoms with Crippen molar-refractivity contribution in [3.8, 4) is 23.0 Å². The van der Waals surface area contributed by atoms with Crippen molar-refractivity contribution in [1.29, 1.82) is 0 Å². The van der Waals surface area contributed by atoms with Gasteiger partial charge in [-0.1, -0.05) is 124 Å². The summed E-state index contributed by atoms with van der Waals surface area (Å²) >= 11 is 0. The van der Waals surface area contributed by atoms with E-state index in [0.717, 1.165) is 56.1 Å². The van der Waals surface area contributed by atoms with E-state index < -0.39 is 100 Å². The highest BCUT2D eigenvalue weighted by Gasteiger charge is 2.65. The van der Waals surface area contributed by atoms with Crippen molar-refractivity contribution in [1.82, 2.24) is 61.1 Å². The molecule has 0 aliphatic heterocycles. The van der Waals surface area contributed by atoms with Crippen molar-refractivity contribution >= 4 is 53.7 Å². The second-order valence-corrected chi connectivity index (χ2v) is 41.0. The zero-order chi connectivity index (χ0) is 96.0. The number of fused-ring (bicyclic) bond motifs is 5. The van der Waals surface area contributed by atoms with Crippen LogP contribution in [0, 0.1) is 70.0 Å². The SMILES string of the molecule is CC[C@H](C)[C@@H](Cn1cc(COc2ccc(C(=O)O[C@@H]3CC[C@@]4(C)[C@H](CC[C@@H]5[C@@H]4C[C@H](OC(=O)c4ccc(OCc6cn(C[C@@H](NC(=O)C(C)(C)N(Cc7ccc(OC)cc7)C(=O)[C@@H](NC(=O)OC(C)(C)C)C(C)C)[C@@H](C)CC)nn6)cc4)[C@]4(C)[C@@H]([C@H](C)CCC(=O)OC)CC[C@@H]54)C3)cc2)nn1)NC(=O)C(C)(C)N(Cc1ccc(OC)cc1)C(=O)[C@@H](NC(=O)OC(C)(C)C)C(C)C. The van der Waals surface area contributed by atoms with Crippen molar-refractivity contribution in [2.24, 2.45) is 70.0 Å². The summed E-state index contributed by atoms with van der Waals surface area (Å²) in [7, 11) is 4.57. The molecule has 4 saturated carbocycles. The number of nitrogens with one attached hydrogen (secondary N) is 4. The molecular formula is C101H146N12O18. The molecule has 4 aliphatic rings. The average Bonchev–Trinajstić information content (AvgIpc) is 1.60. The Morgan fingerprint density at radius 3 is 1.34 bits per heavy atom. The Hall–Kier alpha value is -10.8. The molecular weight excluding hydrogens is 1670 g/mol. The van der Waals surface area contributed by atoms with E-state index in [1.165, 1.54) is 16.9 Å². The minimum Gasteiger partial charge on any atom is -0.497 e. The van der Waals surface area contributed by atoms with Crippen molar-refractivity contribution in [3.05, 3.63) is 143 Å². The first kappa shape index (κ1) is 102. The van der Waals surface area contributed by atoms with Gasteiger partial charge in [0.05, 0.1) is 70.0 Å². The summed E-state index contributed by atoms with van der Waals surface area (Å²) in [6.07, 6.45) is 10.6. The van der Waals surface area contributed by atoms with E-state index in [-0.39, 0.29) is 116 Å². The van der Waals surface area contributed by atoms with Gasteiger partial charge < -0.3 is 73.7 Å². The van der Waals surface area contributed by atoms with Crippen LogP contribution in [0.2, 0.25) is 0 Å². The number of methoxy groups -OCH3 is 3. The van der Waals surface area contributed by atoms with Crippen LogP contribution in [0.3, 0.4) is 0 Å². The van der Waals surface area contributed by atoms with Crippen LogP contribution in [0.5, 0.6) is 23.0 Å². The van der Waals surface area contributed by atoms with Crippen LogP contribution in [0.1, 0.15) is 266 Å². The smallest absolute Gasteiger partial charge is 0.408 e. The third-order valence-electron chi connectivity index (χ3n) is 28.4. The lowest BCUT2D eigenvalue weighted by Gasteiger charge is -2.62. The molecule has 2 heterocycles. The van der Waals surface area contributed by atoms with Gasteiger partial charge in [-0.2, -0.15) is 0 Å². The summed E-state index contributed by atoms with van der Waals surface area (Å²) in [5.41, 5.74) is -1.64. The highest BCUT2D eigenvalue weighted by Crippen LogP contribution is 2.69.